The third-order valence-electron chi connectivity index (χ3n) is 4.89. The third kappa shape index (κ3) is 3.20. The van der Waals surface area contributed by atoms with E-state index >= 15 is 0 Å². The molecule has 1 fully saturated rings. The second kappa shape index (κ2) is 6.74. The number of nitrogens with zero attached hydrogens (tertiary/aromatic N) is 5. The van der Waals surface area contributed by atoms with Crippen LogP contribution >= 0.6 is 0 Å². The van der Waals surface area contributed by atoms with Gasteiger partial charge < -0.3 is 9.64 Å². The summed E-state index contributed by atoms with van der Waals surface area (Å²) in [7, 11) is 0. The van der Waals surface area contributed by atoms with E-state index in [1.165, 1.54) is 10.5 Å². The lowest BCUT2D eigenvalue weighted by Crippen LogP contribution is -3.14. The number of aromatic nitrogens is 5. The van der Waals surface area contributed by atoms with Gasteiger partial charge in [-0.05, 0) is 49.4 Å². The van der Waals surface area contributed by atoms with Crippen molar-refractivity contribution in [2.45, 2.75) is 32.4 Å². The highest BCUT2D eigenvalue weighted by molar-refractivity contribution is 5.79. The number of morpholine rings is 1. The fraction of sp³-hybridized carbons (Fsp3) is 0.474. The number of nitrogens with one attached hydrogen (secondary N) is 1. The van der Waals surface area contributed by atoms with E-state index < -0.39 is 0 Å². The summed E-state index contributed by atoms with van der Waals surface area (Å²) in [6.07, 6.45) is 1.83. The summed E-state index contributed by atoms with van der Waals surface area (Å²) in [5, 5.41) is 13.9. The molecular weight excluding hydrogens is 328 g/mol. The Morgan fingerprint density at radius 1 is 1.15 bits per heavy atom. The molecule has 7 heteroatoms. The van der Waals surface area contributed by atoms with Gasteiger partial charge in [0.25, 0.3) is 0 Å². The van der Waals surface area contributed by atoms with Crippen LogP contribution in [-0.4, -0.2) is 51.5 Å². The molecule has 7 nitrogen and oxygen atoms in total. The number of pyridine rings is 1. The molecule has 1 saturated heterocycles. The van der Waals surface area contributed by atoms with Crippen molar-refractivity contribution in [3.05, 3.63) is 47.9 Å². The maximum Gasteiger partial charge on any atom is 0.214 e. The quantitative estimate of drug-likeness (QED) is 0.760. The van der Waals surface area contributed by atoms with E-state index in [1.807, 2.05) is 16.9 Å². The molecule has 0 bridgehead atoms. The summed E-state index contributed by atoms with van der Waals surface area (Å²) in [6.45, 7) is 9.78. The highest BCUT2D eigenvalue weighted by atomic mass is 16.5. The third-order valence-corrected chi connectivity index (χ3v) is 4.89. The Balaban J connectivity index is 1.84. The smallest absolute Gasteiger partial charge is 0.214 e. The Kier molecular flexibility index (Phi) is 4.42. The molecule has 1 aromatic carbocycles. The first-order chi connectivity index (χ1) is 12.5. The molecule has 0 radical (unpaired) electrons. The summed E-state index contributed by atoms with van der Waals surface area (Å²) < 4.78 is 7.53. The summed E-state index contributed by atoms with van der Waals surface area (Å²) >= 11 is 0. The molecule has 1 N–H and O–H groups in total. The zero-order valence-corrected chi connectivity index (χ0v) is 15.5. The van der Waals surface area contributed by atoms with Crippen LogP contribution in [0.1, 0.15) is 38.2 Å². The molecule has 3 aromatic rings. The first-order valence-electron chi connectivity index (χ1n) is 9.10. The Bertz CT molecular complexity index is 894. The van der Waals surface area contributed by atoms with Crippen molar-refractivity contribution in [2.75, 3.05) is 26.3 Å². The second-order valence-electron chi connectivity index (χ2n) is 7.78. The molecule has 4 rings (SSSR count). The van der Waals surface area contributed by atoms with E-state index in [0.29, 0.717) is 0 Å². The van der Waals surface area contributed by atoms with Crippen LogP contribution in [0.3, 0.4) is 0 Å². The molecule has 2 aromatic heterocycles. The molecular formula is C19H25N6O+. The van der Waals surface area contributed by atoms with Gasteiger partial charge in [-0.15, -0.1) is 5.10 Å². The normalized spacial score (nSPS) is 17.5. The van der Waals surface area contributed by atoms with Crippen molar-refractivity contribution in [3.63, 3.8) is 0 Å². The SMILES string of the molecule is CC(C)(C)n1nnnc1[C@@H](c1ccc2ncccc2c1)[NH+]1CCOCC1. The molecule has 136 valence electrons. The van der Waals surface area contributed by atoms with Gasteiger partial charge >= 0.3 is 0 Å². The van der Waals surface area contributed by atoms with Crippen LogP contribution < -0.4 is 4.90 Å². The second-order valence-corrected chi connectivity index (χ2v) is 7.78. The first kappa shape index (κ1) is 17.1. The molecule has 0 aliphatic carbocycles. The van der Waals surface area contributed by atoms with Gasteiger partial charge in [-0.25, -0.2) is 4.68 Å². The van der Waals surface area contributed by atoms with Crippen molar-refractivity contribution in [2.24, 2.45) is 0 Å². The minimum atomic E-state index is -0.179. The molecule has 0 saturated carbocycles. The van der Waals surface area contributed by atoms with E-state index in [1.54, 1.807) is 0 Å². The highest BCUT2D eigenvalue weighted by Crippen LogP contribution is 2.24. The summed E-state index contributed by atoms with van der Waals surface area (Å²) in [6, 6.07) is 10.6. The number of hydrogen-bond donors (Lipinski definition) is 1. The number of hydrogen-bond acceptors (Lipinski definition) is 5. The molecule has 0 amide bonds. The van der Waals surface area contributed by atoms with Crippen molar-refractivity contribution < 1.29 is 9.64 Å². The van der Waals surface area contributed by atoms with Crippen molar-refractivity contribution in [1.82, 2.24) is 25.2 Å². The van der Waals surface area contributed by atoms with Gasteiger partial charge in [0.05, 0.1) is 24.3 Å². The fourth-order valence-corrected chi connectivity index (χ4v) is 3.62. The molecule has 3 heterocycles. The van der Waals surface area contributed by atoms with E-state index in [9.17, 15) is 0 Å². The van der Waals surface area contributed by atoms with Crippen LogP contribution in [0.5, 0.6) is 0 Å². The maximum absolute atomic E-state index is 5.58. The van der Waals surface area contributed by atoms with Gasteiger partial charge in [0.1, 0.15) is 13.1 Å². The summed E-state index contributed by atoms with van der Waals surface area (Å²) in [5.41, 5.74) is 2.03. The first-order valence-corrected chi connectivity index (χ1v) is 9.10. The average molecular weight is 353 g/mol. The number of benzene rings is 1. The topological polar surface area (TPSA) is 70.2 Å². The minimum absolute atomic E-state index is 0.0673. The highest BCUT2D eigenvalue weighted by Gasteiger charge is 2.35. The number of ether oxygens (including phenoxy) is 1. The average Bonchev–Trinajstić information content (AvgIpc) is 3.13. The van der Waals surface area contributed by atoms with Crippen molar-refractivity contribution >= 4 is 10.9 Å². The zero-order chi connectivity index (χ0) is 18.1. The molecule has 26 heavy (non-hydrogen) atoms. The predicted octanol–water partition coefficient (Wildman–Crippen LogP) is 0.981. The van der Waals surface area contributed by atoms with Gasteiger partial charge in [0, 0.05) is 17.1 Å². The van der Waals surface area contributed by atoms with Crippen molar-refractivity contribution in [3.8, 4) is 0 Å². The Labute approximate surface area is 153 Å². The molecule has 0 unspecified atom stereocenters. The van der Waals surface area contributed by atoms with Gasteiger partial charge in [0.15, 0.2) is 6.04 Å². The van der Waals surface area contributed by atoms with Crippen LogP contribution in [0.4, 0.5) is 0 Å². The number of fused-ring (bicyclic) bond motifs is 1. The van der Waals surface area contributed by atoms with Gasteiger partial charge in [-0.3, -0.25) is 4.98 Å². The fourth-order valence-electron chi connectivity index (χ4n) is 3.62. The largest absolute Gasteiger partial charge is 0.370 e. The van der Waals surface area contributed by atoms with Crippen LogP contribution in [0, 0.1) is 0 Å². The Morgan fingerprint density at radius 3 is 2.73 bits per heavy atom. The van der Waals surface area contributed by atoms with Crippen molar-refractivity contribution in [1.29, 1.82) is 0 Å². The number of quaternary nitrogens is 1. The Morgan fingerprint density at radius 2 is 1.96 bits per heavy atom. The lowest BCUT2D eigenvalue weighted by Gasteiger charge is -2.32. The van der Waals surface area contributed by atoms with Gasteiger partial charge in [-0.2, -0.15) is 0 Å². The van der Waals surface area contributed by atoms with E-state index in [-0.39, 0.29) is 11.6 Å². The van der Waals surface area contributed by atoms with E-state index in [4.69, 9.17) is 4.74 Å². The molecule has 1 aliphatic heterocycles. The van der Waals surface area contributed by atoms with Gasteiger partial charge in [0.2, 0.25) is 5.82 Å². The number of tetrazole rings is 1. The number of rotatable bonds is 3. The zero-order valence-electron chi connectivity index (χ0n) is 15.5. The maximum atomic E-state index is 5.58. The van der Waals surface area contributed by atoms with Crippen LogP contribution in [-0.2, 0) is 10.3 Å². The predicted molar refractivity (Wildman–Crippen MR) is 97.9 cm³/mol. The van der Waals surface area contributed by atoms with E-state index in [2.05, 4.69) is 65.5 Å². The van der Waals surface area contributed by atoms with Gasteiger partial charge in [-0.1, -0.05) is 12.1 Å². The summed E-state index contributed by atoms with van der Waals surface area (Å²) in [5.74, 6) is 0.901. The standard InChI is InChI=1S/C19H24N6O/c1-19(2,3)25-18(21-22-23-25)17(24-9-11-26-12-10-24)15-6-7-16-14(13-15)5-4-8-20-16/h4-8,13,17H,9-12H2,1-3H3/p+1/t17-/m1/s1. The van der Waals surface area contributed by atoms with E-state index in [0.717, 1.165) is 43.0 Å². The molecule has 1 atom stereocenters. The monoisotopic (exact) mass is 353 g/mol. The van der Waals surface area contributed by atoms with Crippen LogP contribution in [0.25, 0.3) is 10.9 Å². The lowest BCUT2D eigenvalue weighted by atomic mass is 10.00. The Hall–Kier alpha value is -2.38. The molecule has 1 aliphatic rings. The van der Waals surface area contributed by atoms with Crippen LogP contribution in [0.15, 0.2) is 36.5 Å². The lowest BCUT2D eigenvalue weighted by molar-refractivity contribution is -0.933. The summed E-state index contributed by atoms with van der Waals surface area (Å²) in [4.78, 5) is 5.87. The minimum Gasteiger partial charge on any atom is -0.370 e. The molecule has 0 spiro atoms. The van der Waals surface area contributed by atoms with Crippen LogP contribution in [0.2, 0.25) is 0 Å².